The molecule has 0 bridgehead atoms. The zero-order chi connectivity index (χ0) is 15.6. The van der Waals surface area contributed by atoms with E-state index >= 15 is 0 Å². The minimum atomic E-state index is 0.129. The molecule has 23 heavy (non-hydrogen) atoms. The number of aromatic nitrogens is 1. The normalized spacial score (nSPS) is 14.7. The Kier molecular flexibility index (Phi) is 3.71. The second-order valence-electron chi connectivity index (χ2n) is 5.72. The van der Waals surface area contributed by atoms with Gasteiger partial charge in [0.05, 0.1) is 17.7 Å². The molecule has 0 N–H and O–H groups in total. The van der Waals surface area contributed by atoms with Crippen molar-refractivity contribution in [3.63, 3.8) is 0 Å². The van der Waals surface area contributed by atoms with E-state index in [4.69, 9.17) is 4.74 Å². The van der Waals surface area contributed by atoms with Crippen LogP contribution in [0.15, 0.2) is 54.9 Å². The second-order valence-corrected chi connectivity index (χ2v) is 6.81. The molecule has 0 atom stereocenters. The van der Waals surface area contributed by atoms with Gasteiger partial charge in [-0.1, -0.05) is 18.2 Å². The van der Waals surface area contributed by atoms with Crippen LogP contribution in [0.5, 0.6) is 5.75 Å². The van der Waals surface area contributed by atoms with Crippen molar-refractivity contribution < 1.29 is 9.53 Å². The highest BCUT2D eigenvalue weighted by Crippen LogP contribution is 2.28. The quantitative estimate of drug-likeness (QED) is 0.738. The molecule has 0 aliphatic carbocycles. The molecular formula is C18H16N2O2S. The van der Waals surface area contributed by atoms with Gasteiger partial charge in [-0.3, -0.25) is 9.78 Å². The maximum atomic E-state index is 12.5. The van der Waals surface area contributed by atoms with Crippen LogP contribution in [0.1, 0.15) is 9.67 Å². The second kappa shape index (κ2) is 6.01. The fourth-order valence-electron chi connectivity index (χ4n) is 2.73. The minimum absolute atomic E-state index is 0.129. The molecule has 0 radical (unpaired) electrons. The molecule has 1 fully saturated rings. The topological polar surface area (TPSA) is 42.4 Å². The molecule has 116 valence electrons. The minimum Gasteiger partial charge on any atom is -0.492 e. The fraction of sp³-hybridized carbons (Fsp3) is 0.222. The first-order valence-electron chi connectivity index (χ1n) is 7.60. The molecule has 1 amide bonds. The van der Waals surface area contributed by atoms with Crippen LogP contribution in [0.2, 0.25) is 0 Å². The Bertz CT molecular complexity index is 792. The van der Waals surface area contributed by atoms with Gasteiger partial charge >= 0.3 is 0 Å². The molecule has 0 spiro atoms. The third-order valence-corrected chi connectivity index (χ3v) is 5.10. The van der Waals surface area contributed by atoms with Gasteiger partial charge in [-0.15, -0.1) is 11.3 Å². The van der Waals surface area contributed by atoms with Crippen molar-refractivity contribution in [3.05, 3.63) is 59.7 Å². The summed E-state index contributed by atoms with van der Waals surface area (Å²) >= 11 is 1.56. The van der Waals surface area contributed by atoms with Gasteiger partial charge in [-0.25, -0.2) is 0 Å². The van der Waals surface area contributed by atoms with E-state index in [1.165, 1.54) is 0 Å². The molecular weight excluding hydrogens is 308 g/mol. The van der Waals surface area contributed by atoms with Gasteiger partial charge in [0.25, 0.3) is 5.91 Å². The highest BCUT2D eigenvalue weighted by molar-refractivity contribution is 7.20. The average Bonchev–Trinajstić information content (AvgIpc) is 2.98. The lowest BCUT2D eigenvalue weighted by Crippen LogP contribution is -2.51. The number of benzene rings is 1. The summed E-state index contributed by atoms with van der Waals surface area (Å²) in [4.78, 5) is 19.2. The lowest BCUT2D eigenvalue weighted by atomic mass is 10.0. The number of fused-ring (bicyclic) bond motifs is 1. The van der Waals surface area contributed by atoms with Crippen LogP contribution in [-0.4, -0.2) is 35.5 Å². The molecule has 4 nitrogen and oxygen atoms in total. The van der Waals surface area contributed by atoms with Gasteiger partial charge in [0.2, 0.25) is 0 Å². The van der Waals surface area contributed by atoms with E-state index in [2.05, 4.69) is 11.1 Å². The van der Waals surface area contributed by atoms with E-state index in [1.807, 2.05) is 41.3 Å². The Morgan fingerprint density at radius 2 is 2.13 bits per heavy atom. The van der Waals surface area contributed by atoms with Crippen LogP contribution in [0, 0.1) is 5.92 Å². The Labute approximate surface area is 138 Å². The largest absolute Gasteiger partial charge is 0.492 e. The smallest absolute Gasteiger partial charge is 0.263 e. The Balaban J connectivity index is 1.33. The number of rotatable bonds is 4. The predicted octanol–water partition coefficient (Wildman–Crippen LogP) is 3.45. The van der Waals surface area contributed by atoms with Gasteiger partial charge in [0, 0.05) is 29.9 Å². The standard InChI is InChI=1S/C18H16N2O2S/c21-18(17-8-14-4-1-2-6-16(14)23-17)20-10-13(11-20)12-22-15-5-3-7-19-9-15/h1-9,13H,10-12H2. The molecule has 0 saturated carbocycles. The van der Waals surface area contributed by atoms with Crippen molar-refractivity contribution >= 4 is 27.3 Å². The van der Waals surface area contributed by atoms with E-state index in [0.29, 0.717) is 12.5 Å². The van der Waals surface area contributed by atoms with Crippen molar-refractivity contribution in [2.75, 3.05) is 19.7 Å². The zero-order valence-corrected chi connectivity index (χ0v) is 13.3. The monoisotopic (exact) mass is 324 g/mol. The number of likely N-dealkylation sites (tertiary alicyclic amines) is 1. The number of nitrogens with zero attached hydrogens (tertiary/aromatic N) is 2. The van der Waals surface area contributed by atoms with Gasteiger partial charge in [-0.2, -0.15) is 0 Å². The summed E-state index contributed by atoms with van der Waals surface area (Å²) in [7, 11) is 0. The van der Waals surface area contributed by atoms with Gasteiger partial charge in [-0.05, 0) is 29.7 Å². The molecule has 5 heteroatoms. The molecule has 3 aromatic rings. The average molecular weight is 324 g/mol. The molecule has 2 aromatic heterocycles. The molecule has 1 aliphatic heterocycles. The van der Waals surface area contributed by atoms with Crippen LogP contribution in [0.3, 0.4) is 0 Å². The van der Waals surface area contributed by atoms with E-state index in [9.17, 15) is 4.79 Å². The maximum Gasteiger partial charge on any atom is 0.263 e. The summed E-state index contributed by atoms with van der Waals surface area (Å²) in [6.45, 7) is 2.14. The van der Waals surface area contributed by atoms with Gasteiger partial charge < -0.3 is 9.64 Å². The summed E-state index contributed by atoms with van der Waals surface area (Å²) in [6.07, 6.45) is 3.43. The number of carbonyl (C=O) groups excluding carboxylic acids is 1. The summed E-state index contributed by atoms with van der Waals surface area (Å²) < 4.78 is 6.85. The van der Waals surface area contributed by atoms with Crippen molar-refractivity contribution in [2.45, 2.75) is 0 Å². The molecule has 1 aromatic carbocycles. The Hall–Kier alpha value is -2.40. The molecule has 1 aliphatic rings. The number of amides is 1. The summed E-state index contributed by atoms with van der Waals surface area (Å²) in [5.41, 5.74) is 0. The van der Waals surface area contributed by atoms with Crippen molar-refractivity contribution in [1.82, 2.24) is 9.88 Å². The summed E-state index contributed by atoms with van der Waals surface area (Å²) in [5, 5.41) is 1.14. The third kappa shape index (κ3) is 2.92. The number of hydrogen-bond acceptors (Lipinski definition) is 4. The number of thiophene rings is 1. The van der Waals surface area contributed by atoms with E-state index < -0.39 is 0 Å². The zero-order valence-electron chi connectivity index (χ0n) is 12.5. The van der Waals surface area contributed by atoms with E-state index in [0.717, 1.165) is 33.8 Å². The maximum absolute atomic E-state index is 12.5. The molecule has 1 saturated heterocycles. The molecule has 4 rings (SSSR count). The first-order valence-corrected chi connectivity index (χ1v) is 8.42. The van der Waals surface area contributed by atoms with Crippen LogP contribution in [-0.2, 0) is 0 Å². The van der Waals surface area contributed by atoms with Crippen molar-refractivity contribution in [1.29, 1.82) is 0 Å². The van der Waals surface area contributed by atoms with Gasteiger partial charge in [0.1, 0.15) is 5.75 Å². The van der Waals surface area contributed by atoms with E-state index in [1.54, 1.807) is 23.7 Å². The number of carbonyl (C=O) groups is 1. The lowest BCUT2D eigenvalue weighted by Gasteiger charge is -2.38. The Morgan fingerprint density at radius 1 is 1.26 bits per heavy atom. The summed E-state index contributed by atoms with van der Waals surface area (Å²) in [5.74, 6) is 1.30. The lowest BCUT2D eigenvalue weighted by molar-refractivity contribution is 0.0397. The first-order chi connectivity index (χ1) is 11.3. The molecule has 0 unspecified atom stereocenters. The van der Waals surface area contributed by atoms with Gasteiger partial charge in [0.15, 0.2) is 0 Å². The first kappa shape index (κ1) is 14.2. The van der Waals surface area contributed by atoms with Crippen LogP contribution in [0.4, 0.5) is 0 Å². The number of ether oxygens (including phenoxy) is 1. The van der Waals surface area contributed by atoms with Crippen LogP contribution in [0.25, 0.3) is 10.1 Å². The van der Waals surface area contributed by atoms with Crippen LogP contribution >= 0.6 is 11.3 Å². The number of pyridine rings is 1. The Morgan fingerprint density at radius 3 is 2.91 bits per heavy atom. The summed E-state index contributed by atoms with van der Waals surface area (Å²) in [6, 6.07) is 13.8. The SMILES string of the molecule is O=C(c1cc2ccccc2s1)N1CC(COc2cccnc2)C1. The predicted molar refractivity (Wildman–Crippen MR) is 91.0 cm³/mol. The van der Waals surface area contributed by atoms with Crippen molar-refractivity contribution in [2.24, 2.45) is 5.92 Å². The highest BCUT2D eigenvalue weighted by Gasteiger charge is 2.32. The third-order valence-electron chi connectivity index (χ3n) is 4.00. The molecule has 3 heterocycles. The van der Waals surface area contributed by atoms with Crippen molar-refractivity contribution in [3.8, 4) is 5.75 Å². The highest BCUT2D eigenvalue weighted by atomic mass is 32.1. The van der Waals surface area contributed by atoms with E-state index in [-0.39, 0.29) is 5.91 Å². The fourth-order valence-corrected chi connectivity index (χ4v) is 3.76. The number of hydrogen-bond donors (Lipinski definition) is 0. The van der Waals surface area contributed by atoms with Crippen LogP contribution < -0.4 is 4.74 Å².